The number of hydrogen-bond donors (Lipinski definition) is 2. The first-order chi connectivity index (χ1) is 7.69. The summed E-state index contributed by atoms with van der Waals surface area (Å²) in [5.74, 6) is 0.380. The van der Waals surface area contributed by atoms with Crippen LogP contribution >= 0.6 is 0 Å². The van der Waals surface area contributed by atoms with Gasteiger partial charge in [-0.2, -0.15) is 0 Å². The van der Waals surface area contributed by atoms with Gasteiger partial charge in [-0.15, -0.1) is 0 Å². The third kappa shape index (κ3) is 1.69. The van der Waals surface area contributed by atoms with Gasteiger partial charge in [0.2, 0.25) is 0 Å². The third-order valence-electron chi connectivity index (χ3n) is 3.52. The maximum atomic E-state index is 12.4. The van der Waals surface area contributed by atoms with Crippen LogP contribution in [0.4, 0.5) is 5.82 Å². The lowest BCUT2D eigenvalue weighted by Gasteiger charge is -2.25. The highest BCUT2D eigenvalue weighted by atomic mass is 16.1. The fourth-order valence-electron chi connectivity index (χ4n) is 2.47. The van der Waals surface area contributed by atoms with Crippen molar-refractivity contribution >= 4 is 11.6 Å². The predicted molar refractivity (Wildman–Crippen MR) is 62.9 cm³/mol. The quantitative estimate of drug-likeness (QED) is 0.752. The minimum atomic E-state index is -0.392. The molecule has 1 saturated carbocycles. The number of carbonyl (C=O) groups excluding carboxylic acids is 1. The van der Waals surface area contributed by atoms with Gasteiger partial charge in [0, 0.05) is 18.2 Å². The maximum absolute atomic E-state index is 12.4. The van der Waals surface area contributed by atoms with E-state index in [4.69, 9.17) is 11.5 Å². The number of pyridine rings is 1. The number of anilines is 1. The zero-order chi connectivity index (χ0) is 11.6. The Balaban J connectivity index is 2.34. The van der Waals surface area contributed by atoms with Crippen LogP contribution in [0.3, 0.4) is 0 Å². The molecule has 0 saturated heterocycles. The summed E-state index contributed by atoms with van der Waals surface area (Å²) < 4.78 is 0. The Morgan fingerprint density at radius 3 is 2.69 bits per heavy atom. The number of nitrogens with two attached hydrogens (primary N) is 2. The van der Waals surface area contributed by atoms with E-state index in [0.29, 0.717) is 17.9 Å². The fourth-order valence-corrected chi connectivity index (χ4v) is 2.47. The molecule has 0 bridgehead atoms. The third-order valence-corrected chi connectivity index (χ3v) is 3.52. The molecule has 0 radical (unpaired) electrons. The van der Waals surface area contributed by atoms with Gasteiger partial charge in [-0.1, -0.05) is 12.8 Å². The van der Waals surface area contributed by atoms with Crippen molar-refractivity contribution in [3.63, 3.8) is 0 Å². The summed E-state index contributed by atoms with van der Waals surface area (Å²) in [5.41, 5.74) is 11.6. The highest BCUT2D eigenvalue weighted by molar-refractivity contribution is 6.04. The van der Waals surface area contributed by atoms with Crippen LogP contribution in [0.15, 0.2) is 18.3 Å². The molecule has 86 valence electrons. The Kier molecular flexibility index (Phi) is 2.92. The van der Waals surface area contributed by atoms with Gasteiger partial charge < -0.3 is 11.5 Å². The van der Waals surface area contributed by atoms with Crippen LogP contribution in [0.2, 0.25) is 0 Å². The van der Waals surface area contributed by atoms with Gasteiger partial charge in [-0.25, -0.2) is 4.98 Å². The molecule has 1 aromatic heterocycles. The van der Waals surface area contributed by atoms with E-state index >= 15 is 0 Å². The maximum Gasteiger partial charge on any atom is 0.173 e. The number of nitrogens with zero attached hydrogens (tertiary/aromatic N) is 1. The van der Waals surface area contributed by atoms with E-state index in [1.807, 2.05) is 0 Å². The van der Waals surface area contributed by atoms with Crippen LogP contribution in [-0.4, -0.2) is 17.3 Å². The molecule has 0 atom stereocenters. The summed E-state index contributed by atoms with van der Waals surface area (Å²) in [5, 5.41) is 0. The van der Waals surface area contributed by atoms with Crippen molar-refractivity contribution in [3.05, 3.63) is 23.9 Å². The molecular formula is C12H17N3O. The van der Waals surface area contributed by atoms with Crippen LogP contribution in [0.25, 0.3) is 0 Å². The van der Waals surface area contributed by atoms with Crippen molar-refractivity contribution in [2.45, 2.75) is 25.7 Å². The van der Waals surface area contributed by atoms with E-state index in [9.17, 15) is 4.79 Å². The molecule has 1 fully saturated rings. The van der Waals surface area contributed by atoms with Gasteiger partial charge in [0.15, 0.2) is 5.78 Å². The average Bonchev–Trinajstić information content (AvgIpc) is 2.78. The van der Waals surface area contributed by atoms with Gasteiger partial charge in [0.25, 0.3) is 0 Å². The first-order valence-electron chi connectivity index (χ1n) is 5.65. The molecule has 0 amide bonds. The summed E-state index contributed by atoms with van der Waals surface area (Å²) >= 11 is 0. The summed E-state index contributed by atoms with van der Waals surface area (Å²) in [4.78, 5) is 16.4. The molecule has 0 aliphatic heterocycles. The molecule has 4 N–H and O–H groups in total. The van der Waals surface area contributed by atoms with Crippen LogP contribution in [0, 0.1) is 5.41 Å². The monoisotopic (exact) mass is 219 g/mol. The molecule has 1 aromatic rings. The zero-order valence-corrected chi connectivity index (χ0v) is 9.28. The number of nitrogen functional groups attached to an aromatic ring is 1. The van der Waals surface area contributed by atoms with Gasteiger partial charge in [0.05, 0.1) is 5.56 Å². The summed E-state index contributed by atoms with van der Waals surface area (Å²) in [6.07, 6.45) is 5.48. The van der Waals surface area contributed by atoms with Gasteiger partial charge >= 0.3 is 0 Å². The molecule has 2 rings (SSSR count). The zero-order valence-electron chi connectivity index (χ0n) is 9.28. The fraction of sp³-hybridized carbons (Fsp3) is 0.500. The number of hydrogen-bond acceptors (Lipinski definition) is 4. The second-order valence-corrected chi connectivity index (χ2v) is 4.46. The summed E-state index contributed by atoms with van der Waals surface area (Å²) in [7, 11) is 0. The molecular weight excluding hydrogens is 202 g/mol. The van der Waals surface area contributed by atoms with Crippen molar-refractivity contribution in [3.8, 4) is 0 Å². The largest absolute Gasteiger partial charge is 0.383 e. The van der Waals surface area contributed by atoms with Crippen molar-refractivity contribution in [1.82, 2.24) is 4.98 Å². The van der Waals surface area contributed by atoms with Gasteiger partial charge in [-0.3, -0.25) is 4.79 Å². The second-order valence-electron chi connectivity index (χ2n) is 4.46. The number of aromatic nitrogens is 1. The van der Waals surface area contributed by atoms with Crippen molar-refractivity contribution in [1.29, 1.82) is 0 Å². The molecule has 4 heteroatoms. The molecule has 16 heavy (non-hydrogen) atoms. The number of Topliss-reactive ketones (excluding diaryl/α,β-unsaturated/α-hetero) is 1. The molecule has 4 nitrogen and oxygen atoms in total. The van der Waals surface area contributed by atoms with Crippen LogP contribution < -0.4 is 11.5 Å². The van der Waals surface area contributed by atoms with E-state index < -0.39 is 5.41 Å². The highest BCUT2D eigenvalue weighted by Gasteiger charge is 2.40. The average molecular weight is 219 g/mol. The lowest BCUT2D eigenvalue weighted by atomic mass is 9.79. The number of rotatable bonds is 3. The molecule has 0 spiro atoms. The Morgan fingerprint density at radius 2 is 2.12 bits per heavy atom. The Bertz CT molecular complexity index is 397. The van der Waals surface area contributed by atoms with Gasteiger partial charge in [-0.05, 0) is 25.0 Å². The van der Waals surface area contributed by atoms with E-state index in [0.717, 1.165) is 25.7 Å². The van der Waals surface area contributed by atoms with Crippen molar-refractivity contribution in [2.24, 2.45) is 11.1 Å². The highest BCUT2D eigenvalue weighted by Crippen LogP contribution is 2.40. The Hall–Kier alpha value is -1.42. The lowest BCUT2D eigenvalue weighted by Crippen LogP contribution is -2.36. The molecule has 0 unspecified atom stereocenters. The van der Waals surface area contributed by atoms with Crippen molar-refractivity contribution in [2.75, 3.05) is 12.3 Å². The molecule has 1 heterocycles. The minimum Gasteiger partial charge on any atom is -0.383 e. The number of carbonyl (C=O) groups is 1. The van der Waals surface area contributed by atoms with Crippen LogP contribution in [0.1, 0.15) is 36.0 Å². The topological polar surface area (TPSA) is 82.0 Å². The molecule has 1 aliphatic carbocycles. The standard InChI is InChI=1S/C12H17N3O/c13-8-12(5-1-2-6-12)10(16)9-4-3-7-15-11(9)14/h3-4,7H,1-2,5-6,8,13H2,(H2,14,15). The van der Waals surface area contributed by atoms with E-state index in [1.165, 1.54) is 0 Å². The summed E-state index contributed by atoms with van der Waals surface area (Å²) in [6.45, 7) is 0.403. The SMILES string of the molecule is NCC1(C(=O)c2cccnc2N)CCCC1. The van der Waals surface area contributed by atoms with Crippen LogP contribution in [-0.2, 0) is 0 Å². The molecule has 1 aliphatic rings. The Morgan fingerprint density at radius 1 is 1.44 bits per heavy atom. The predicted octanol–water partition coefficient (Wildman–Crippen LogP) is 1.37. The van der Waals surface area contributed by atoms with E-state index in [2.05, 4.69) is 4.98 Å². The van der Waals surface area contributed by atoms with Crippen molar-refractivity contribution < 1.29 is 4.79 Å². The smallest absolute Gasteiger partial charge is 0.173 e. The minimum absolute atomic E-state index is 0.0677. The number of ketones is 1. The Labute approximate surface area is 95.0 Å². The van der Waals surface area contributed by atoms with E-state index in [-0.39, 0.29) is 5.78 Å². The van der Waals surface area contributed by atoms with E-state index in [1.54, 1.807) is 18.3 Å². The summed E-state index contributed by atoms with van der Waals surface area (Å²) in [6, 6.07) is 3.48. The van der Waals surface area contributed by atoms with Gasteiger partial charge in [0.1, 0.15) is 5.82 Å². The first-order valence-corrected chi connectivity index (χ1v) is 5.65. The normalized spacial score (nSPS) is 18.6. The van der Waals surface area contributed by atoms with Crippen LogP contribution in [0.5, 0.6) is 0 Å². The second kappa shape index (κ2) is 4.22. The molecule has 0 aromatic carbocycles. The lowest BCUT2D eigenvalue weighted by molar-refractivity contribution is 0.0810. The first kappa shape index (κ1) is 11.1.